The molecule has 2 aliphatic rings. The summed E-state index contributed by atoms with van der Waals surface area (Å²) in [4.78, 5) is 24.2. The third-order valence-electron chi connectivity index (χ3n) is 4.30. The first kappa shape index (κ1) is 16.5. The van der Waals surface area contributed by atoms with Gasteiger partial charge in [-0.05, 0) is 74.9 Å². The Labute approximate surface area is 142 Å². The third-order valence-corrected chi connectivity index (χ3v) is 4.30. The van der Waals surface area contributed by atoms with Crippen molar-refractivity contribution in [1.82, 2.24) is 0 Å². The summed E-state index contributed by atoms with van der Waals surface area (Å²) >= 11 is 0. The molecule has 0 fully saturated rings. The molecular formula is C20H22O4. The largest absolute Gasteiger partial charge is 0.428 e. The predicted molar refractivity (Wildman–Crippen MR) is 90.4 cm³/mol. The van der Waals surface area contributed by atoms with Crippen molar-refractivity contribution in [1.29, 1.82) is 0 Å². The van der Waals surface area contributed by atoms with Gasteiger partial charge in [0.05, 0.1) is 11.1 Å². The van der Waals surface area contributed by atoms with Gasteiger partial charge in [-0.3, -0.25) is 0 Å². The zero-order valence-electron chi connectivity index (χ0n) is 13.8. The molecule has 0 aromatic heterocycles. The summed E-state index contributed by atoms with van der Waals surface area (Å²) in [6, 6.07) is 6.43. The van der Waals surface area contributed by atoms with Gasteiger partial charge in [0.2, 0.25) is 0 Å². The van der Waals surface area contributed by atoms with Crippen LogP contribution in [0.25, 0.3) is 0 Å². The van der Waals surface area contributed by atoms with Crippen molar-refractivity contribution in [2.45, 2.75) is 51.4 Å². The highest BCUT2D eigenvalue weighted by Gasteiger charge is 2.15. The van der Waals surface area contributed by atoms with E-state index in [4.69, 9.17) is 9.47 Å². The lowest BCUT2D eigenvalue weighted by molar-refractivity contribution is 0.0593. The summed E-state index contributed by atoms with van der Waals surface area (Å²) in [6.45, 7) is 0. The Morgan fingerprint density at radius 3 is 1.42 bits per heavy atom. The Morgan fingerprint density at radius 1 is 0.667 bits per heavy atom. The van der Waals surface area contributed by atoms with Crippen LogP contribution in [0.15, 0.2) is 47.9 Å². The molecule has 0 heterocycles. The lowest BCUT2D eigenvalue weighted by Gasteiger charge is -2.13. The van der Waals surface area contributed by atoms with E-state index in [1.165, 1.54) is 0 Å². The first-order valence-electron chi connectivity index (χ1n) is 8.65. The highest BCUT2D eigenvalue weighted by molar-refractivity contribution is 5.94. The lowest BCUT2D eigenvalue weighted by Crippen LogP contribution is -2.09. The molecule has 1 aromatic rings. The number of rotatable bonds is 4. The molecule has 0 unspecified atom stereocenters. The van der Waals surface area contributed by atoms with E-state index in [2.05, 4.69) is 0 Å². The fraction of sp³-hybridized carbons (Fsp3) is 0.400. The number of hydrogen-bond donors (Lipinski definition) is 0. The first-order chi connectivity index (χ1) is 11.7. The van der Waals surface area contributed by atoms with Crippen molar-refractivity contribution < 1.29 is 19.1 Å². The number of ether oxygens (including phenoxy) is 2. The number of allylic oxidation sites excluding steroid dienone is 4. The van der Waals surface area contributed by atoms with Crippen molar-refractivity contribution in [2.75, 3.05) is 0 Å². The topological polar surface area (TPSA) is 52.6 Å². The summed E-state index contributed by atoms with van der Waals surface area (Å²) in [5.41, 5.74) is 0.879. The second kappa shape index (κ2) is 7.95. The molecule has 0 radical (unpaired) electrons. The fourth-order valence-corrected chi connectivity index (χ4v) is 2.90. The second-order valence-electron chi connectivity index (χ2n) is 6.19. The number of hydrogen-bond acceptors (Lipinski definition) is 4. The Morgan fingerprint density at radius 2 is 1.08 bits per heavy atom. The minimum absolute atomic E-state index is 0.377. The quantitative estimate of drug-likeness (QED) is 0.737. The number of esters is 2. The molecule has 3 rings (SSSR count). The van der Waals surface area contributed by atoms with E-state index >= 15 is 0 Å². The zero-order chi connectivity index (χ0) is 16.8. The standard InChI is InChI=1S/C20H22O4/c21-19(23-17-7-3-1-4-8-17)15-11-13-16(14-12-15)20(22)24-18-9-5-2-6-10-18/h7,9,11-14H,1-6,8,10H2. The number of carbonyl (C=O) groups is 2. The Bertz CT molecular complexity index is 608. The highest BCUT2D eigenvalue weighted by atomic mass is 16.5. The summed E-state index contributed by atoms with van der Waals surface area (Å²) in [5, 5.41) is 0. The average molecular weight is 326 g/mol. The molecule has 24 heavy (non-hydrogen) atoms. The predicted octanol–water partition coefficient (Wildman–Crippen LogP) is 4.92. The Hall–Kier alpha value is -2.36. The van der Waals surface area contributed by atoms with E-state index < -0.39 is 0 Å². The van der Waals surface area contributed by atoms with Crippen LogP contribution in [0.2, 0.25) is 0 Å². The molecule has 0 atom stereocenters. The van der Waals surface area contributed by atoms with Gasteiger partial charge in [0, 0.05) is 12.8 Å². The average Bonchev–Trinajstić information content (AvgIpc) is 2.63. The van der Waals surface area contributed by atoms with Crippen LogP contribution in [0.4, 0.5) is 0 Å². The normalized spacial score (nSPS) is 17.5. The van der Waals surface area contributed by atoms with E-state index in [1.54, 1.807) is 24.3 Å². The van der Waals surface area contributed by atoms with Crippen LogP contribution >= 0.6 is 0 Å². The van der Waals surface area contributed by atoms with Gasteiger partial charge in [-0.2, -0.15) is 0 Å². The van der Waals surface area contributed by atoms with Gasteiger partial charge in [-0.25, -0.2) is 9.59 Å². The van der Waals surface area contributed by atoms with Crippen LogP contribution in [0, 0.1) is 0 Å². The van der Waals surface area contributed by atoms with Crippen molar-refractivity contribution >= 4 is 11.9 Å². The van der Waals surface area contributed by atoms with Crippen LogP contribution < -0.4 is 0 Å². The summed E-state index contributed by atoms with van der Waals surface area (Å²) < 4.78 is 10.8. The molecule has 0 saturated heterocycles. The van der Waals surface area contributed by atoms with Gasteiger partial charge < -0.3 is 9.47 Å². The van der Waals surface area contributed by atoms with Crippen LogP contribution in [0.5, 0.6) is 0 Å². The maximum Gasteiger partial charge on any atom is 0.343 e. The van der Waals surface area contributed by atoms with Crippen LogP contribution in [0.3, 0.4) is 0 Å². The molecule has 4 nitrogen and oxygen atoms in total. The zero-order valence-corrected chi connectivity index (χ0v) is 13.8. The molecule has 0 saturated carbocycles. The fourth-order valence-electron chi connectivity index (χ4n) is 2.90. The van der Waals surface area contributed by atoms with Gasteiger partial charge in [0.1, 0.15) is 11.5 Å². The van der Waals surface area contributed by atoms with E-state index in [0.717, 1.165) is 62.9 Å². The summed E-state index contributed by atoms with van der Waals surface area (Å²) in [5.74, 6) is 0.744. The maximum atomic E-state index is 12.1. The smallest absolute Gasteiger partial charge is 0.343 e. The minimum Gasteiger partial charge on any atom is -0.428 e. The second-order valence-corrected chi connectivity index (χ2v) is 6.19. The van der Waals surface area contributed by atoms with Crippen LogP contribution in [0.1, 0.15) is 72.1 Å². The maximum absolute atomic E-state index is 12.1. The van der Waals surface area contributed by atoms with E-state index in [9.17, 15) is 9.59 Å². The van der Waals surface area contributed by atoms with E-state index in [0.29, 0.717) is 11.1 Å². The van der Waals surface area contributed by atoms with Crippen LogP contribution in [-0.4, -0.2) is 11.9 Å². The van der Waals surface area contributed by atoms with Gasteiger partial charge in [-0.15, -0.1) is 0 Å². The lowest BCUT2D eigenvalue weighted by atomic mass is 10.1. The molecular weight excluding hydrogens is 304 g/mol. The van der Waals surface area contributed by atoms with Crippen molar-refractivity contribution in [2.24, 2.45) is 0 Å². The van der Waals surface area contributed by atoms with Crippen molar-refractivity contribution in [3.05, 3.63) is 59.1 Å². The van der Waals surface area contributed by atoms with E-state index in [-0.39, 0.29) is 11.9 Å². The third kappa shape index (κ3) is 4.34. The number of carbonyl (C=O) groups excluding carboxylic acids is 2. The minimum atomic E-state index is -0.377. The highest BCUT2D eigenvalue weighted by Crippen LogP contribution is 2.21. The SMILES string of the molecule is O=C(OC1=CCCCC1)c1ccc(C(=O)OC2=CCCCC2)cc1. The molecule has 2 aliphatic carbocycles. The molecule has 0 spiro atoms. The molecule has 0 bridgehead atoms. The monoisotopic (exact) mass is 326 g/mol. The summed E-state index contributed by atoms with van der Waals surface area (Å²) in [6.07, 6.45) is 11.9. The van der Waals surface area contributed by atoms with Crippen molar-refractivity contribution in [3.8, 4) is 0 Å². The first-order valence-corrected chi connectivity index (χ1v) is 8.65. The molecule has 0 amide bonds. The van der Waals surface area contributed by atoms with Gasteiger partial charge in [-0.1, -0.05) is 0 Å². The van der Waals surface area contributed by atoms with Gasteiger partial charge in [0.15, 0.2) is 0 Å². The Kier molecular flexibility index (Phi) is 5.47. The van der Waals surface area contributed by atoms with Gasteiger partial charge >= 0.3 is 11.9 Å². The Balaban J connectivity index is 1.59. The molecule has 4 heteroatoms. The van der Waals surface area contributed by atoms with Crippen LogP contribution in [-0.2, 0) is 9.47 Å². The summed E-state index contributed by atoms with van der Waals surface area (Å²) in [7, 11) is 0. The molecule has 0 N–H and O–H groups in total. The molecule has 1 aromatic carbocycles. The molecule has 0 aliphatic heterocycles. The molecule has 126 valence electrons. The van der Waals surface area contributed by atoms with Crippen molar-refractivity contribution in [3.63, 3.8) is 0 Å². The number of benzene rings is 1. The van der Waals surface area contributed by atoms with E-state index in [1.807, 2.05) is 12.2 Å². The van der Waals surface area contributed by atoms with Gasteiger partial charge in [0.25, 0.3) is 0 Å².